The minimum atomic E-state index is -0.438. The molecule has 2 heterocycles. The molecule has 0 saturated carbocycles. The largest absolute Gasteiger partial charge is 0.481 e. The van der Waals surface area contributed by atoms with Crippen molar-refractivity contribution in [3.8, 4) is 0 Å². The molecule has 0 spiro atoms. The highest BCUT2D eigenvalue weighted by Gasteiger charge is 2.37. The highest BCUT2D eigenvalue weighted by atomic mass is 127. The molecule has 2 aromatic rings. The average Bonchev–Trinajstić information content (AvgIpc) is 3.22. The molecule has 10 nitrogen and oxygen atoms in total. The smallest absolute Gasteiger partial charge is 0.216 e. The first kappa shape index (κ1) is 49.0. The normalized spacial score (nSPS) is 17.1. The molecular weight excluding hydrogens is 880 g/mol. The van der Waals surface area contributed by atoms with Crippen molar-refractivity contribution in [3.05, 3.63) is 124 Å². The van der Waals surface area contributed by atoms with E-state index in [0.29, 0.717) is 0 Å². The van der Waals surface area contributed by atoms with Gasteiger partial charge in [0.05, 0.1) is 48.0 Å². The lowest BCUT2D eigenvalue weighted by Gasteiger charge is -2.49. The van der Waals surface area contributed by atoms with Crippen molar-refractivity contribution in [2.24, 2.45) is 0 Å². The van der Waals surface area contributed by atoms with Gasteiger partial charge in [-0.3, -0.25) is 4.90 Å². The van der Waals surface area contributed by atoms with Gasteiger partial charge < -0.3 is 42.4 Å². The summed E-state index contributed by atoms with van der Waals surface area (Å²) < 4.78 is 8.85. The summed E-state index contributed by atoms with van der Waals surface area (Å²) in [7, 11) is 6.20. The topological polar surface area (TPSA) is 55.4 Å². The van der Waals surface area contributed by atoms with Crippen molar-refractivity contribution in [3.63, 3.8) is 0 Å². The van der Waals surface area contributed by atoms with Crippen molar-refractivity contribution in [1.29, 1.82) is 0 Å². The van der Waals surface area contributed by atoms with Gasteiger partial charge in [0.2, 0.25) is 5.88 Å². The Bertz CT molecular complexity index is 1800. The van der Waals surface area contributed by atoms with E-state index in [0.717, 1.165) is 68.1 Å². The summed E-state index contributed by atoms with van der Waals surface area (Å²) in [6, 6.07) is 22.6. The van der Waals surface area contributed by atoms with Gasteiger partial charge in [0.1, 0.15) is 17.5 Å². The third-order valence-electron chi connectivity index (χ3n) is 11.2. The van der Waals surface area contributed by atoms with Gasteiger partial charge in [-0.05, 0) is 106 Å². The lowest BCUT2D eigenvalue weighted by Crippen LogP contribution is -2.53. The van der Waals surface area contributed by atoms with Crippen LogP contribution in [0.4, 0.5) is 5.69 Å². The van der Waals surface area contributed by atoms with Crippen LogP contribution in [0.2, 0.25) is 0 Å². The zero-order valence-corrected chi connectivity index (χ0v) is 42.0. The van der Waals surface area contributed by atoms with Crippen LogP contribution < -0.4 is 4.90 Å². The number of benzene rings is 2. The first-order valence-electron chi connectivity index (χ1n) is 21.8. The van der Waals surface area contributed by atoms with E-state index >= 15 is 0 Å². The van der Waals surface area contributed by atoms with Gasteiger partial charge in [0.25, 0.3) is 0 Å². The van der Waals surface area contributed by atoms with Crippen LogP contribution in [-0.2, 0) is 11.3 Å². The van der Waals surface area contributed by atoms with Crippen LogP contribution in [-0.4, -0.2) is 115 Å². The first-order valence-corrected chi connectivity index (χ1v) is 23.7. The number of aliphatic hydroxyl groups excluding tert-OH is 1. The summed E-state index contributed by atoms with van der Waals surface area (Å²) in [6.07, 6.45) is 7.63. The molecule has 2 aromatic carbocycles. The fraction of sp³-hybridized carbons (Fsp3) is 0.542. The highest BCUT2D eigenvalue weighted by Crippen LogP contribution is 2.37. The molecule has 2 aliphatic heterocycles. The van der Waals surface area contributed by atoms with E-state index in [4.69, 9.17) is 4.74 Å². The number of hydrogen-bond acceptors (Lipinski definition) is 11. The number of allylic oxidation sites excluding steroid dienone is 1. The quantitative estimate of drug-likeness (QED) is 0.0785. The maximum atomic E-state index is 10.6. The Morgan fingerprint density at radius 2 is 1.47 bits per heavy atom. The predicted molar refractivity (Wildman–Crippen MR) is 263 cm³/mol. The molecule has 0 radical (unpaired) electrons. The van der Waals surface area contributed by atoms with E-state index in [1.54, 1.807) is 18.9 Å². The van der Waals surface area contributed by atoms with E-state index in [-0.39, 0.29) is 30.2 Å². The second-order valence-corrected chi connectivity index (χ2v) is 19.3. The van der Waals surface area contributed by atoms with E-state index in [2.05, 4.69) is 229 Å². The summed E-state index contributed by atoms with van der Waals surface area (Å²) in [5, 5.41) is 12.9. The molecule has 0 aliphatic carbocycles. The number of halogens is 1. The summed E-state index contributed by atoms with van der Waals surface area (Å²) in [4.78, 5) is 18.1. The zero-order chi connectivity index (χ0) is 44.3. The number of hydrogen-bond donors (Lipinski definition) is 1. The molecule has 2 aliphatic rings. The van der Waals surface area contributed by atoms with E-state index in [1.807, 2.05) is 6.08 Å². The van der Waals surface area contributed by atoms with Gasteiger partial charge in [-0.1, -0.05) is 67.2 Å². The fourth-order valence-corrected chi connectivity index (χ4v) is 8.79. The number of anilines is 1. The number of rotatable bonds is 20. The Balaban J connectivity index is 1.97. The van der Waals surface area contributed by atoms with Crippen molar-refractivity contribution >= 4 is 40.3 Å². The van der Waals surface area contributed by atoms with E-state index in [1.165, 1.54) is 16.3 Å². The number of nitrogens with zero attached hydrogens (tertiary/aromatic N) is 8. The van der Waals surface area contributed by atoms with E-state index in [9.17, 15) is 5.11 Å². The van der Waals surface area contributed by atoms with Crippen molar-refractivity contribution in [2.45, 2.75) is 132 Å². The molecule has 332 valence electrons. The molecular formula is C48H75IN8O2S. The molecule has 1 atom stereocenters. The van der Waals surface area contributed by atoms with Crippen LogP contribution in [0.5, 0.6) is 0 Å². The van der Waals surface area contributed by atoms with Gasteiger partial charge in [-0.15, -0.1) is 0 Å². The minimum absolute atomic E-state index is 0.0919. The van der Waals surface area contributed by atoms with Gasteiger partial charge in [0, 0.05) is 87.0 Å². The van der Waals surface area contributed by atoms with Crippen LogP contribution in [0.3, 0.4) is 0 Å². The number of ether oxygens (including phenoxy) is 1. The molecule has 1 N–H and O–H groups in total. The Morgan fingerprint density at radius 3 is 2.00 bits per heavy atom. The Labute approximate surface area is 382 Å². The van der Waals surface area contributed by atoms with Crippen LogP contribution in [0.25, 0.3) is 0 Å². The molecule has 4 rings (SSSR count). The summed E-state index contributed by atoms with van der Waals surface area (Å²) in [5.74, 6) is 5.10. The highest BCUT2D eigenvalue weighted by molar-refractivity contribution is 14.1. The van der Waals surface area contributed by atoms with Crippen LogP contribution in [0.15, 0.2) is 119 Å². The van der Waals surface area contributed by atoms with Crippen LogP contribution in [0.1, 0.15) is 94.6 Å². The lowest BCUT2D eigenvalue weighted by atomic mass is 10.1. The Hall–Kier alpha value is -3.62. The molecule has 12 heteroatoms. The van der Waals surface area contributed by atoms with Gasteiger partial charge in [-0.25, -0.2) is 0 Å². The molecule has 0 fully saturated rings. The van der Waals surface area contributed by atoms with Crippen molar-refractivity contribution in [1.82, 2.24) is 32.5 Å². The van der Waals surface area contributed by atoms with Gasteiger partial charge in [0.15, 0.2) is 5.82 Å². The van der Waals surface area contributed by atoms with Gasteiger partial charge >= 0.3 is 0 Å². The third-order valence-corrected chi connectivity index (χ3v) is 13.2. The number of thioether (sulfide) groups is 1. The summed E-state index contributed by atoms with van der Waals surface area (Å²) in [5.41, 5.74) is 2.29. The predicted octanol–water partition coefficient (Wildman–Crippen LogP) is 10.4. The zero-order valence-electron chi connectivity index (χ0n) is 39.0. The first-order chi connectivity index (χ1) is 28.5. The van der Waals surface area contributed by atoms with E-state index < -0.39 is 6.10 Å². The Kier molecular flexibility index (Phi) is 18.8. The maximum Gasteiger partial charge on any atom is 0.216 e. The maximum absolute atomic E-state index is 10.6. The summed E-state index contributed by atoms with van der Waals surface area (Å²) in [6.45, 7) is 28.1. The Morgan fingerprint density at radius 1 is 0.833 bits per heavy atom. The average molecular weight is 955 g/mol. The lowest BCUT2D eigenvalue weighted by molar-refractivity contribution is 0.113. The monoisotopic (exact) mass is 954 g/mol. The summed E-state index contributed by atoms with van der Waals surface area (Å²) >= 11 is 4.14. The van der Waals surface area contributed by atoms with Gasteiger partial charge in [-0.2, -0.15) is 0 Å². The van der Waals surface area contributed by atoms with Crippen LogP contribution >= 0.6 is 34.6 Å². The van der Waals surface area contributed by atoms with Crippen LogP contribution in [0, 0.1) is 0 Å². The third kappa shape index (κ3) is 12.5. The second kappa shape index (κ2) is 23.0. The minimum Gasteiger partial charge on any atom is -0.481 e. The SMILES string of the molecule is CC/C(=C\N(C1=CC(O)CCN1I)C(C)C)S/C=C(\N(C)C(C)C)N(/C=C(\OC)N(C1=C(N(C)C(C)C)N(C(C)C)CCN1Cc1ccccc1)c1ccccc1)C(C)C. The number of aliphatic hydroxyl groups is 1. The second-order valence-electron chi connectivity index (χ2n) is 17.1. The fourth-order valence-electron chi connectivity index (χ4n) is 7.22. The molecule has 0 bridgehead atoms. The molecule has 60 heavy (non-hydrogen) atoms. The van der Waals surface area contributed by atoms with Crippen molar-refractivity contribution in [2.75, 3.05) is 45.7 Å². The van der Waals surface area contributed by atoms with Crippen molar-refractivity contribution < 1.29 is 9.84 Å². The number of para-hydroxylation sites is 1. The molecule has 1 unspecified atom stereocenters. The molecule has 0 aromatic heterocycles. The number of methoxy groups -OCH3 is 1. The molecule has 0 amide bonds. The molecule has 0 saturated heterocycles. The standard InChI is InChI=1S/C48H75IN8O2S/c1-15-43(32-54(38(8)9)44-30-42(58)26-27-56(44)49)60-34-45(50(12)35(2)3)55(39(10)11)33-46(59-14)57(41-24-20-17-21-25-41)48-47(51(13)36(4)5)53(37(6)7)29-28-52(48)31-40-22-18-16-19-23-40/h16-25,30,32-39,42,58H,15,26-29,31H2,1-14H3/b43-32+,45-34+,46-33-.